The average Bonchev–Trinajstić information content (AvgIpc) is 3.36. The van der Waals surface area contributed by atoms with Crippen LogP contribution >= 0.6 is 0 Å². The summed E-state index contributed by atoms with van der Waals surface area (Å²) in [6.07, 6.45) is 3.31. The van der Waals surface area contributed by atoms with Crippen LogP contribution in [0.2, 0.25) is 0 Å². The van der Waals surface area contributed by atoms with E-state index >= 15 is 0 Å². The third kappa shape index (κ3) is 4.02. The molecule has 2 saturated heterocycles. The van der Waals surface area contributed by atoms with Gasteiger partial charge in [-0.1, -0.05) is 18.2 Å². The first kappa shape index (κ1) is 19.0. The van der Waals surface area contributed by atoms with Crippen molar-refractivity contribution in [2.24, 2.45) is 0 Å². The third-order valence-corrected chi connectivity index (χ3v) is 5.42. The molecule has 7 nitrogen and oxygen atoms in total. The fourth-order valence-electron chi connectivity index (χ4n) is 3.94. The van der Waals surface area contributed by atoms with Gasteiger partial charge in [0.25, 0.3) is 0 Å². The van der Waals surface area contributed by atoms with Crippen LogP contribution in [0.5, 0.6) is 0 Å². The summed E-state index contributed by atoms with van der Waals surface area (Å²) >= 11 is 0. The fraction of sp³-hybridized carbons (Fsp3) is 0.318. The van der Waals surface area contributed by atoms with Gasteiger partial charge in [0.15, 0.2) is 0 Å². The number of anilines is 1. The highest BCUT2D eigenvalue weighted by molar-refractivity contribution is 5.60. The largest absolute Gasteiger partial charge is 0.371 e. The summed E-state index contributed by atoms with van der Waals surface area (Å²) in [5, 5.41) is 6.81. The van der Waals surface area contributed by atoms with Crippen molar-refractivity contribution < 1.29 is 13.9 Å². The number of aromatic nitrogens is 3. The minimum Gasteiger partial charge on any atom is -0.371 e. The lowest BCUT2D eigenvalue weighted by molar-refractivity contribution is 0.0674. The Morgan fingerprint density at radius 3 is 2.63 bits per heavy atom. The highest BCUT2D eigenvalue weighted by atomic mass is 19.1. The van der Waals surface area contributed by atoms with Crippen molar-refractivity contribution in [1.29, 1.82) is 0 Å². The van der Waals surface area contributed by atoms with Crippen LogP contribution in [-0.2, 0) is 16.0 Å². The second-order valence-electron chi connectivity index (χ2n) is 7.43. The molecule has 3 aromatic rings. The van der Waals surface area contributed by atoms with Gasteiger partial charge in [-0.15, -0.1) is 0 Å². The molecular weight excluding hydrogens is 385 g/mol. The molecule has 2 N–H and O–H groups in total. The lowest BCUT2D eigenvalue weighted by atomic mass is 10.1. The van der Waals surface area contributed by atoms with Crippen LogP contribution in [0.1, 0.15) is 5.69 Å². The number of pyridine rings is 1. The Bertz CT molecular complexity index is 1010. The van der Waals surface area contributed by atoms with E-state index < -0.39 is 0 Å². The summed E-state index contributed by atoms with van der Waals surface area (Å²) in [4.78, 5) is 13.2. The molecule has 30 heavy (non-hydrogen) atoms. The molecule has 0 aliphatic carbocycles. The Labute approximate surface area is 173 Å². The zero-order chi connectivity index (χ0) is 20.3. The second kappa shape index (κ2) is 8.43. The lowest BCUT2D eigenvalue weighted by Gasteiger charge is -2.18. The van der Waals surface area contributed by atoms with Crippen LogP contribution in [0.4, 0.5) is 10.3 Å². The number of nitrogens with one attached hydrogen (secondary N) is 2. The second-order valence-corrected chi connectivity index (χ2v) is 7.43. The average molecular weight is 407 g/mol. The summed E-state index contributed by atoms with van der Waals surface area (Å²) in [5.41, 5.74) is 2.35. The highest BCUT2D eigenvalue weighted by Crippen LogP contribution is 2.29. The molecule has 2 aliphatic heterocycles. The van der Waals surface area contributed by atoms with E-state index in [2.05, 4.69) is 25.6 Å². The van der Waals surface area contributed by atoms with Crippen LogP contribution in [0, 0.1) is 5.82 Å². The Morgan fingerprint density at radius 1 is 0.933 bits per heavy atom. The minimum absolute atomic E-state index is 0.0439. The molecular formula is C22H22FN5O2. The number of fused-ring (bicyclic) bond motifs is 1. The molecule has 8 heteroatoms. The topological polar surface area (TPSA) is 81.2 Å². The molecule has 0 radical (unpaired) electrons. The van der Waals surface area contributed by atoms with Crippen LogP contribution in [0.15, 0.2) is 60.9 Å². The number of ether oxygens (including phenoxy) is 2. The number of hydrogen-bond acceptors (Lipinski definition) is 7. The Balaban J connectivity index is 1.23. The van der Waals surface area contributed by atoms with Crippen LogP contribution in [0.3, 0.4) is 0 Å². The van der Waals surface area contributed by atoms with E-state index in [-0.39, 0.29) is 30.1 Å². The smallest absolute Gasteiger partial charge is 0.223 e. The normalized spacial score (nSPS) is 25.2. The zero-order valence-electron chi connectivity index (χ0n) is 16.2. The number of benzene rings is 1. The van der Waals surface area contributed by atoms with Crippen molar-refractivity contribution in [3.05, 3.63) is 72.4 Å². The lowest BCUT2D eigenvalue weighted by Crippen LogP contribution is -2.42. The van der Waals surface area contributed by atoms with Crippen molar-refractivity contribution in [2.45, 2.75) is 30.8 Å². The monoisotopic (exact) mass is 407 g/mol. The molecule has 0 saturated carbocycles. The van der Waals surface area contributed by atoms with E-state index in [1.54, 1.807) is 24.5 Å². The molecule has 2 aromatic heterocycles. The standard InChI is InChI=1S/C22H22FN5O2/c23-15-5-3-4-14(10-15)17-7-9-25-22(27-17)28-19-13-30-20-18(12-29-21(19)20)26-11-16-6-1-2-8-24-16/h1-10,18-21,26H,11-13H2,(H,25,27,28)/t18-,19+,20-,21+/m1/s1. The first-order valence-electron chi connectivity index (χ1n) is 9.98. The van der Waals surface area contributed by atoms with E-state index in [1.807, 2.05) is 24.3 Å². The van der Waals surface area contributed by atoms with Gasteiger partial charge < -0.3 is 20.1 Å². The van der Waals surface area contributed by atoms with Gasteiger partial charge in [-0.2, -0.15) is 0 Å². The van der Waals surface area contributed by atoms with Crippen LogP contribution in [0.25, 0.3) is 11.3 Å². The predicted octanol–water partition coefficient (Wildman–Crippen LogP) is 2.41. The first-order chi connectivity index (χ1) is 14.8. The van der Waals surface area contributed by atoms with E-state index in [1.165, 1.54) is 12.1 Å². The summed E-state index contributed by atoms with van der Waals surface area (Å²) in [5.74, 6) is 0.177. The number of rotatable bonds is 6. The van der Waals surface area contributed by atoms with E-state index in [4.69, 9.17) is 9.47 Å². The molecule has 2 aliphatic rings. The van der Waals surface area contributed by atoms with Gasteiger partial charge in [-0.3, -0.25) is 4.98 Å². The molecule has 0 amide bonds. The molecule has 4 heterocycles. The number of hydrogen-bond donors (Lipinski definition) is 2. The van der Waals surface area contributed by atoms with Gasteiger partial charge in [0, 0.05) is 24.5 Å². The highest BCUT2D eigenvalue weighted by Gasteiger charge is 2.47. The van der Waals surface area contributed by atoms with Gasteiger partial charge in [-0.05, 0) is 30.3 Å². The fourth-order valence-corrected chi connectivity index (χ4v) is 3.94. The quantitative estimate of drug-likeness (QED) is 0.649. The number of halogens is 1. The molecule has 0 bridgehead atoms. The van der Waals surface area contributed by atoms with Gasteiger partial charge in [-0.25, -0.2) is 14.4 Å². The maximum atomic E-state index is 13.5. The maximum absolute atomic E-state index is 13.5. The van der Waals surface area contributed by atoms with Crippen molar-refractivity contribution >= 4 is 5.95 Å². The first-order valence-corrected chi connectivity index (χ1v) is 9.98. The Morgan fingerprint density at radius 2 is 1.80 bits per heavy atom. The summed E-state index contributed by atoms with van der Waals surface area (Å²) in [6, 6.07) is 14.0. The van der Waals surface area contributed by atoms with Crippen molar-refractivity contribution in [3.63, 3.8) is 0 Å². The Kier molecular flexibility index (Phi) is 5.35. The van der Waals surface area contributed by atoms with Crippen molar-refractivity contribution in [3.8, 4) is 11.3 Å². The van der Waals surface area contributed by atoms with Gasteiger partial charge in [0.2, 0.25) is 5.95 Å². The van der Waals surface area contributed by atoms with E-state index in [9.17, 15) is 4.39 Å². The maximum Gasteiger partial charge on any atom is 0.223 e. The molecule has 2 fully saturated rings. The Hall–Kier alpha value is -2.94. The third-order valence-electron chi connectivity index (χ3n) is 5.42. The predicted molar refractivity (Wildman–Crippen MR) is 109 cm³/mol. The zero-order valence-corrected chi connectivity index (χ0v) is 16.2. The van der Waals surface area contributed by atoms with E-state index in [0.29, 0.717) is 37.0 Å². The van der Waals surface area contributed by atoms with Crippen molar-refractivity contribution in [1.82, 2.24) is 20.3 Å². The molecule has 1 aromatic carbocycles. The SMILES string of the molecule is Fc1cccc(-c2ccnc(N[C@H]3CO[C@H]4[C@H]3OC[C@H]4NCc3ccccn3)n2)c1. The minimum atomic E-state index is -0.295. The van der Waals surface area contributed by atoms with Gasteiger partial charge >= 0.3 is 0 Å². The summed E-state index contributed by atoms with van der Waals surface area (Å²) in [6.45, 7) is 1.74. The molecule has 154 valence electrons. The van der Waals surface area contributed by atoms with Gasteiger partial charge in [0.05, 0.1) is 36.7 Å². The molecule has 0 spiro atoms. The van der Waals surface area contributed by atoms with Crippen molar-refractivity contribution in [2.75, 3.05) is 18.5 Å². The van der Waals surface area contributed by atoms with E-state index in [0.717, 1.165) is 5.69 Å². The summed E-state index contributed by atoms with van der Waals surface area (Å²) in [7, 11) is 0. The molecule has 4 atom stereocenters. The van der Waals surface area contributed by atoms with Gasteiger partial charge in [0.1, 0.15) is 18.0 Å². The molecule has 5 rings (SSSR count). The molecule has 0 unspecified atom stereocenters. The van der Waals surface area contributed by atoms with Crippen LogP contribution < -0.4 is 10.6 Å². The van der Waals surface area contributed by atoms with Crippen LogP contribution in [-0.4, -0.2) is 52.5 Å². The number of nitrogens with zero attached hydrogens (tertiary/aromatic N) is 3. The summed E-state index contributed by atoms with van der Waals surface area (Å²) < 4.78 is 25.6.